The summed E-state index contributed by atoms with van der Waals surface area (Å²) < 4.78 is 18.4. The second-order valence-corrected chi connectivity index (χ2v) is 18.5. The molecule has 0 N–H and O–H groups in total. The molecule has 0 saturated carbocycles. The Morgan fingerprint density at radius 3 is 1.23 bits per heavy atom. The van der Waals surface area contributed by atoms with Gasteiger partial charge in [0.15, 0.2) is 0 Å². The molecule has 4 unspecified atom stereocenters. The van der Waals surface area contributed by atoms with Gasteiger partial charge in [0.25, 0.3) is 0 Å². The Morgan fingerprint density at radius 2 is 0.836 bits per heavy atom. The molecule has 0 aliphatic carbocycles. The van der Waals surface area contributed by atoms with Gasteiger partial charge in [-0.25, -0.2) is 4.79 Å². The number of amides is 1. The first-order chi connectivity index (χ1) is 29.8. The van der Waals surface area contributed by atoms with E-state index in [0.717, 1.165) is 96.4 Å². The Hall–Kier alpha value is -2.35. The molecule has 0 bridgehead atoms. The molecule has 1 saturated heterocycles. The van der Waals surface area contributed by atoms with Gasteiger partial charge < -0.3 is 24.0 Å². The molecule has 8 heteroatoms. The molecule has 0 aromatic rings. The second kappa shape index (κ2) is 40.4. The average molecular weight is 859 g/mol. The number of rotatable bonds is 41. The number of carbonyl (C=O) groups is 3. The third kappa shape index (κ3) is 31.2. The van der Waals surface area contributed by atoms with E-state index in [1.807, 2.05) is 14.1 Å². The lowest BCUT2D eigenvalue weighted by Gasteiger charge is -2.24. The Bertz CT molecular complexity index is 1110. The number of ether oxygens (including phenoxy) is 3. The molecule has 0 aromatic carbocycles. The number of carbonyl (C=O) groups excluding carboxylic acids is 3. The number of esters is 2. The fourth-order valence-corrected chi connectivity index (χ4v) is 8.35. The summed E-state index contributed by atoms with van der Waals surface area (Å²) in [6.45, 7) is 10.3. The molecule has 1 aliphatic heterocycles. The number of unbranched alkanes of at least 4 members (excludes halogenated alkanes) is 21. The number of hydrogen-bond donors (Lipinski definition) is 0. The Balaban J connectivity index is 3.11. The summed E-state index contributed by atoms with van der Waals surface area (Å²) in [7, 11) is 3.99. The molecule has 8 nitrogen and oxygen atoms in total. The monoisotopic (exact) mass is 859 g/mol. The first-order valence-electron chi connectivity index (χ1n) is 26.0. The third-order valence-corrected chi connectivity index (χ3v) is 12.3. The van der Waals surface area contributed by atoms with Crippen molar-refractivity contribution in [2.45, 2.75) is 245 Å². The van der Waals surface area contributed by atoms with Crippen LogP contribution in [0.1, 0.15) is 233 Å². The molecular weight excluding hydrogens is 761 g/mol. The Kier molecular flexibility index (Phi) is 37.6. The fraction of sp³-hybridized carbons (Fsp3) is 0.868. The third-order valence-electron chi connectivity index (χ3n) is 12.3. The van der Waals surface area contributed by atoms with Crippen LogP contribution >= 0.6 is 0 Å². The number of hydrogen-bond acceptors (Lipinski definition) is 7. The minimum atomic E-state index is -0.772. The lowest BCUT2D eigenvalue weighted by molar-refractivity contribution is -0.165. The van der Waals surface area contributed by atoms with Crippen LogP contribution in [0.25, 0.3) is 0 Å². The fourth-order valence-electron chi connectivity index (χ4n) is 8.35. The van der Waals surface area contributed by atoms with Crippen molar-refractivity contribution in [2.75, 3.05) is 40.3 Å². The predicted molar refractivity (Wildman–Crippen MR) is 257 cm³/mol. The van der Waals surface area contributed by atoms with E-state index < -0.39 is 17.9 Å². The van der Waals surface area contributed by atoms with Gasteiger partial charge in [-0.2, -0.15) is 0 Å². The maximum atomic E-state index is 14.3. The van der Waals surface area contributed by atoms with E-state index in [4.69, 9.17) is 14.2 Å². The lowest BCUT2D eigenvalue weighted by Crippen LogP contribution is -2.35. The summed E-state index contributed by atoms with van der Waals surface area (Å²) in [5, 5.41) is 0. The van der Waals surface area contributed by atoms with Crippen molar-refractivity contribution in [2.24, 2.45) is 11.8 Å². The van der Waals surface area contributed by atoms with Gasteiger partial charge in [0.2, 0.25) is 0 Å². The van der Waals surface area contributed by atoms with E-state index in [1.54, 1.807) is 4.90 Å². The summed E-state index contributed by atoms with van der Waals surface area (Å²) in [5.74, 6) is -2.29. The van der Waals surface area contributed by atoms with Crippen LogP contribution in [0.4, 0.5) is 4.79 Å². The van der Waals surface area contributed by atoms with E-state index in [9.17, 15) is 14.4 Å². The summed E-state index contributed by atoms with van der Waals surface area (Å²) in [6.07, 6.45) is 44.0. The molecule has 0 aromatic heterocycles. The average Bonchev–Trinajstić information content (AvgIpc) is 3.71. The molecule has 1 aliphatic rings. The molecule has 0 spiro atoms. The van der Waals surface area contributed by atoms with Crippen molar-refractivity contribution >= 4 is 18.0 Å². The minimum Gasteiger partial charge on any atom is -0.462 e. The molecule has 1 amide bonds. The molecule has 61 heavy (non-hydrogen) atoms. The van der Waals surface area contributed by atoms with Crippen molar-refractivity contribution in [1.82, 2.24) is 9.80 Å². The maximum Gasteiger partial charge on any atom is 0.409 e. The van der Waals surface area contributed by atoms with Crippen molar-refractivity contribution in [3.8, 4) is 0 Å². The van der Waals surface area contributed by atoms with E-state index >= 15 is 0 Å². The highest BCUT2D eigenvalue weighted by molar-refractivity contribution is 5.85. The standard InChI is InChI=1S/C53H98N2O6/c1-7-11-15-19-23-27-31-35-40-47(39-34-30-26-22-18-14-10-4)60-51(56)49-45-55(53(58)59-44-38-43-54(5)6)46-50(49)52(57)61-48(41-36-32-28-24-20-16-12-8-2)42-37-33-29-25-21-17-13-9-3/h23-24,27-28,47-50H,7-22,25-26,29-46H2,1-6H3/b27-23-,28-24-. The minimum absolute atomic E-state index is 0.112. The summed E-state index contributed by atoms with van der Waals surface area (Å²) in [6, 6.07) is 0. The smallest absolute Gasteiger partial charge is 0.409 e. The van der Waals surface area contributed by atoms with Crippen LogP contribution in [0.2, 0.25) is 0 Å². The van der Waals surface area contributed by atoms with Crippen molar-refractivity contribution < 1.29 is 28.6 Å². The molecule has 1 rings (SSSR count). The molecular formula is C53H98N2O6. The summed E-state index contributed by atoms with van der Waals surface area (Å²) in [5.41, 5.74) is 0. The summed E-state index contributed by atoms with van der Waals surface area (Å²) in [4.78, 5) is 45.5. The normalized spacial score (nSPS) is 16.5. The van der Waals surface area contributed by atoms with E-state index in [0.29, 0.717) is 13.0 Å². The maximum absolute atomic E-state index is 14.3. The lowest BCUT2D eigenvalue weighted by atomic mass is 9.95. The van der Waals surface area contributed by atoms with E-state index in [-0.39, 0.29) is 37.2 Å². The zero-order valence-corrected chi connectivity index (χ0v) is 40.9. The summed E-state index contributed by atoms with van der Waals surface area (Å²) >= 11 is 0. The molecule has 4 atom stereocenters. The van der Waals surface area contributed by atoms with E-state index in [1.165, 1.54) is 109 Å². The zero-order valence-electron chi connectivity index (χ0n) is 40.9. The van der Waals surface area contributed by atoms with Gasteiger partial charge in [0, 0.05) is 19.6 Å². The van der Waals surface area contributed by atoms with Gasteiger partial charge in [-0.15, -0.1) is 0 Å². The molecule has 0 radical (unpaired) electrons. The quantitative estimate of drug-likeness (QED) is 0.0262. The van der Waals surface area contributed by atoms with Gasteiger partial charge in [0.05, 0.1) is 18.4 Å². The van der Waals surface area contributed by atoms with Crippen molar-refractivity contribution in [1.29, 1.82) is 0 Å². The zero-order chi connectivity index (χ0) is 44.6. The first-order valence-corrected chi connectivity index (χ1v) is 26.0. The van der Waals surface area contributed by atoms with Gasteiger partial charge >= 0.3 is 18.0 Å². The molecule has 1 fully saturated rings. The van der Waals surface area contributed by atoms with Crippen LogP contribution in [-0.2, 0) is 23.8 Å². The largest absolute Gasteiger partial charge is 0.462 e. The van der Waals surface area contributed by atoms with Crippen LogP contribution in [0, 0.1) is 11.8 Å². The van der Waals surface area contributed by atoms with Gasteiger partial charge in [0.1, 0.15) is 12.2 Å². The van der Waals surface area contributed by atoms with Crippen LogP contribution in [-0.4, -0.2) is 80.4 Å². The van der Waals surface area contributed by atoms with E-state index in [2.05, 4.69) is 56.9 Å². The van der Waals surface area contributed by atoms with Crippen molar-refractivity contribution in [3.63, 3.8) is 0 Å². The Labute approximate surface area is 377 Å². The highest BCUT2D eigenvalue weighted by Crippen LogP contribution is 2.30. The highest BCUT2D eigenvalue weighted by Gasteiger charge is 2.47. The highest BCUT2D eigenvalue weighted by atomic mass is 16.6. The topological polar surface area (TPSA) is 85.4 Å². The van der Waals surface area contributed by atoms with Gasteiger partial charge in [-0.05, 0) is 110 Å². The SMILES string of the molecule is CCCCC/C=C\CCCC(CCCCCCCCC)OC(=O)C1CN(C(=O)OCCCN(C)C)CC1C(=O)OC(CCC/C=C\CCCCC)CCCCCCCCCC. The van der Waals surface area contributed by atoms with Gasteiger partial charge in [-0.3, -0.25) is 9.59 Å². The van der Waals surface area contributed by atoms with Gasteiger partial charge in [-0.1, -0.05) is 161 Å². The first kappa shape index (κ1) is 56.7. The van der Waals surface area contributed by atoms with Crippen LogP contribution in [0.5, 0.6) is 0 Å². The predicted octanol–water partition coefficient (Wildman–Crippen LogP) is 14.7. The molecule has 356 valence electrons. The number of allylic oxidation sites excluding steroid dienone is 4. The second-order valence-electron chi connectivity index (χ2n) is 18.5. The number of likely N-dealkylation sites (tertiary alicyclic amines) is 1. The van der Waals surface area contributed by atoms with Crippen molar-refractivity contribution in [3.05, 3.63) is 24.3 Å². The van der Waals surface area contributed by atoms with Crippen LogP contribution in [0.15, 0.2) is 24.3 Å². The van der Waals surface area contributed by atoms with Crippen LogP contribution < -0.4 is 0 Å². The van der Waals surface area contributed by atoms with Crippen LogP contribution in [0.3, 0.4) is 0 Å². The Morgan fingerprint density at radius 1 is 0.492 bits per heavy atom. The molecule has 1 heterocycles. The number of nitrogens with zero attached hydrogens (tertiary/aromatic N) is 2.